The molecule has 0 heterocycles. The quantitative estimate of drug-likeness (QED) is 0.845. The molecule has 2 nitrogen and oxygen atoms in total. The summed E-state index contributed by atoms with van der Waals surface area (Å²) in [5.41, 5.74) is 2.97. The number of benzene rings is 2. The van der Waals surface area contributed by atoms with Crippen LogP contribution in [0.2, 0.25) is 0 Å². The fourth-order valence-electron chi connectivity index (χ4n) is 2.67. The predicted octanol–water partition coefficient (Wildman–Crippen LogP) is 3.58. The highest BCUT2D eigenvalue weighted by Gasteiger charge is 2.19. The molecule has 1 N–H and O–H groups in total. The molecule has 2 aromatic rings. The molecule has 0 spiro atoms. The van der Waals surface area contributed by atoms with Crippen LogP contribution in [0.15, 0.2) is 53.0 Å². The van der Waals surface area contributed by atoms with Gasteiger partial charge in [-0.1, -0.05) is 40.2 Å². The van der Waals surface area contributed by atoms with Crippen molar-refractivity contribution in [1.29, 1.82) is 0 Å². The Morgan fingerprint density at radius 1 is 1.00 bits per heavy atom. The van der Waals surface area contributed by atoms with Gasteiger partial charge in [0.25, 0.3) is 0 Å². The Bertz CT molecular complexity index is 542. The van der Waals surface area contributed by atoms with Crippen LogP contribution in [0.3, 0.4) is 0 Å². The zero-order valence-electron chi connectivity index (χ0n) is 11.3. The van der Waals surface area contributed by atoms with E-state index in [1.807, 2.05) is 24.3 Å². The van der Waals surface area contributed by atoms with Gasteiger partial charge in [0, 0.05) is 17.1 Å². The van der Waals surface area contributed by atoms with E-state index in [1.54, 1.807) is 0 Å². The summed E-state index contributed by atoms with van der Waals surface area (Å²) in [7, 11) is 0. The largest absolute Gasteiger partial charge is 0.492 e. The molecule has 0 radical (unpaired) electrons. The molecule has 0 bridgehead atoms. The van der Waals surface area contributed by atoms with E-state index in [2.05, 4.69) is 45.5 Å². The van der Waals surface area contributed by atoms with E-state index in [-0.39, 0.29) is 0 Å². The van der Waals surface area contributed by atoms with Crippen LogP contribution >= 0.6 is 15.9 Å². The van der Waals surface area contributed by atoms with E-state index in [0.717, 1.165) is 29.6 Å². The Morgan fingerprint density at radius 3 is 2.30 bits per heavy atom. The number of halogens is 1. The third kappa shape index (κ3) is 3.41. The molecule has 0 aromatic heterocycles. The number of fused-ring (bicyclic) bond motifs is 1. The zero-order chi connectivity index (χ0) is 13.8. The number of ether oxygens (including phenoxy) is 1. The van der Waals surface area contributed by atoms with E-state index >= 15 is 0 Å². The van der Waals surface area contributed by atoms with Crippen molar-refractivity contribution in [1.82, 2.24) is 5.32 Å². The average molecular weight is 332 g/mol. The van der Waals surface area contributed by atoms with Gasteiger partial charge in [-0.25, -0.2) is 0 Å². The van der Waals surface area contributed by atoms with E-state index in [0.29, 0.717) is 12.6 Å². The smallest absolute Gasteiger partial charge is 0.119 e. The van der Waals surface area contributed by atoms with Gasteiger partial charge >= 0.3 is 0 Å². The van der Waals surface area contributed by atoms with Crippen molar-refractivity contribution in [3.05, 3.63) is 64.1 Å². The molecule has 0 amide bonds. The topological polar surface area (TPSA) is 21.3 Å². The Labute approximate surface area is 128 Å². The number of rotatable bonds is 5. The summed E-state index contributed by atoms with van der Waals surface area (Å²) in [5.74, 6) is 0.921. The molecule has 1 aliphatic rings. The Hall–Kier alpha value is -1.32. The molecule has 0 saturated carbocycles. The Morgan fingerprint density at radius 2 is 1.65 bits per heavy atom. The zero-order valence-corrected chi connectivity index (χ0v) is 12.9. The molecule has 3 heteroatoms. The number of hydrogen-bond acceptors (Lipinski definition) is 2. The minimum atomic E-state index is 0.556. The molecule has 3 rings (SSSR count). The van der Waals surface area contributed by atoms with Crippen molar-refractivity contribution in [2.45, 2.75) is 18.9 Å². The molecule has 2 aromatic carbocycles. The lowest BCUT2D eigenvalue weighted by atomic mass is 10.1. The molecule has 0 unspecified atom stereocenters. The highest BCUT2D eigenvalue weighted by Crippen LogP contribution is 2.21. The molecule has 104 valence electrons. The maximum atomic E-state index is 5.71. The summed E-state index contributed by atoms with van der Waals surface area (Å²) in [5, 5.41) is 3.58. The summed E-state index contributed by atoms with van der Waals surface area (Å²) in [6.07, 6.45) is 2.27. The van der Waals surface area contributed by atoms with Gasteiger partial charge in [0.05, 0.1) is 0 Å². The summed E-state index contributed by atoms with van der Waals surface area (Å²) in [6.45, 7) is 1.59. The second-order valence-electron chi connectivity index (χ2n) is 5.13. The average Bonchev–Trinajstić information content (AvgIpc) is 2.88. The van der Waals surface area contributed by atoms with Gasteiger partial charge in [-0.2, -0.15) is 0 Å². The maximum Gasteiger partial charge on any atom is 0.119 e. The number of nitrogens with one attached hydrogen (secondary N) is 1. The van der Waals surface area contributed by atoms with Crippen LogP contribution in [0.1, 0.15) is 11.1 Å². The summed E-state index contributed by atoms with van der Waals surface area (Å²) in [6, 6.07) is 17.2. The van der Waals surface area contributed by atoms with E-state index in [1.165, 1.54) is 11.1 Å². The third-order valence-corrected chi connectivity index (χ3v) is 4.20. The minimum absolute atomic E-state index is 0.556. The van der Waals surface area contributed by atoms with Gasteiger partial charge in [-0.05, 0) is 48.2 Å². The van der Waals surface area contributed by atoms with Gasteiger partial charge < -0.3 is 10.1 Å². The molecular formula is C17H18BrNO. The van der Waals surface area contributed by atoms with Crippen molar-refractivity contribution in [2.75, 3.05) is 13.2 Å². The minimum Gasteiger partial charge on any atom is -0.492 e. The van der Waals surface area contributed by atoms with Crippen LogP contribution in [0.25, 0.3) is 0 Å². The first-order valence-corrected chi connectivity index (χ1v) is 7.79. The molecule has 0 fully saturated rings. The summed E-state index contributed by atoms with van der Waals surface area (Å²) >= 11 is 3.42. The molecule has 1 aliphatic carbocycles. The highest BCUT2D eigenvalue weighted by molar-refractivity contribution is 9.10. The fourth-order valence-corrected chi connectivity index (χ4v) is 2.93. The van der Waals surface area contributed by atoms with Crippen LogP contribution < -0.4 is 10.1 Å². The Kier molecular flexibility index (Phi) is 4.38. The van der Waals surface area contributed by atoms with Gasteiger partial charge in [-0.3, -0.25) is 0 Å². The van der Waals surface area contributed by atoms with Crippen molar-refractivity contribution >= 4 is 15.9 Å². The first-order valence-electron chi connectivity index (χ1n) is 7.00. The lowest BCUT2D eigenvalue weighted by molar-refractivity contribution is 0.305. The molecular weight excluding hydrogens is 314 g/mol. The molecule has 0 aliphatic heterocycles. The fraction of sp³-hybridized carbons (Fsp3) is 0.294. The third-order valence-electron chi connectivity index (χ3n) is 3.67. The van der Waals surface area contributed by atoms with Crippen LogP contribution in [-0.2, 0) is 12.8 Å². The second-order valence-corrected chi connectivity index (χ2v) is 6.05. The summed E-state index contributed by atoms with van der Waals surface area (Å²) in [4.78, 5) is 0. The van der Waals surface area contributed by atoms with Crippen molar-refractivity contribution in [3.8, 4) is 5.75 Å². The SMILES string of the molecule is Brc1ccc(OCCNC2Cc3ccccc3C2)cc1. The molecule has 0 atom stereocenters. The normalized spacial score (nSPS) is 14.2. The lowest BCUT2D eigenvalue weighted by Crippen LogP contribution is -2.33. The van der Waals surface area contributed by atoms with Gasteiger partial charge in [0.2, 0.25) is 0 Å². The predicted molar refractivity (Wildman–Crippen MR) is 85.3 cm³/mol. The van der Waals surface area contributed by atoms with Crippen molar-refractivity contribution in [3.63, 3.8) is 0 Å². The first-order chi connectivity index (χ1) is 9.81. The molecule has 0 saturated heterocycles. The highest BCUT2D eigenvalue weighted by atomic mass is 79.9. The van der Waals surface area contributed by atoms with Crippen molar-refractivity contribution < 1.29 is 4.74 Å². The maximum absolute atomic E-state index is 5.71. The van der Waals surface area contributed by atoms with E-state index in [4.69, 9.17) is 4.74 Å². The van der Waals surface area contributed by atoms with E-state index in [9.17, 15) is 0 Å². The standard InChI is InChI=1S/C17H18BrNO/c18-15-5-7-17(8-6-15)20-10-9-19-16-11-13-3-1-2-4-14(13)12-16/h1-8,16,19H,9-12H2. The van der Waals surface area contributed by atoms with E-state index < -0.39 is 0 Å². The van der Waals surface area contributed by atoms with Gasteiger partial charge in [-0.15, -0.1) is 0 Å². The first kappa shape index (κ1) is 13.7. The Balaban J connectivity index is 1.40. The monoisotopic (exact) mass is 331 g/mol. The van der Waals surface area contributed by atoms with Gasteiger partial charge in [0.1, 0.15) is 12.4 Å². The van der Waals surface area contributed by atoms with Gasteiger partial charge in [0.15, 0.2) is 0 Å². The second kappa shape index (κ2) is 6.42. The van der Waals surface area contributed by atoms with Crippen LogP contribution in [0.5, 0.6) is 5.75 Å². The number of hydrogen-bond donors (Lipinski definition) is 1. The van der Waals surface area contributed by atoms with Crippen molar-refractivity contribution in [2.24, 2.45) is 0 Å². The van der Waals surface area contributed by atoms with Crippen LogP contribution in [-0.4, -0.2) is 19.2 Å². The molecule has 20 heavy (non-hydrogen) atoms. The van der Waals surface area contributed by atoms with Crippen LogP contribution in [0.4, 0.5) is 0 Å². The summed E-state index contributed by atoms with van der Waals surface area (Å²) < 4.78 is 6.79. The lowest BCUT2D eigenvalue weighted by Gasteiger charge is -2.12. The van der Waals surface area contributed by atoms with Crippen LogP contribution in [0, 0.1) is 0 Å².